The molecule has 33 heavy (non-hydrogen) atoms. The number of benzene rings is 3. The van der Waals surface area contributed by atoms with Gasteiger partial charge in [-0.3, -0.25) is 0 Å². The summed E-state index contributed by atoms with van der Waals surface area (Å²) in [6.45, 7) is 0. The van der Waals surface area contributed by atoms with Gasteiger partial charge in [0.1, 0.15) is 0 Å². The summed E-state index contributed by atoms with van der Waals surface area (Å²) in [6.07, 6.45) is 0.348. The first kappa shape index (κ1) is 24.3. The number of anilines is 1. The molecule has 0 bridgehead atoms. The molecule has 0 amide bonds. The Kier molecular flexibility index (Phi) is 7.21. The molecule has 3 aromatic rings. The average Bonchev–Trinajstić information content (AvgIpc) is 2.81. The molecular weight excluding hydrogens is 573 g/mol. The van der Waals surface area contributed by atoms with Gasteiger partial charge in [0.05, 0.1) is 0 Å². The van der Waals surface area contributed by atoms with Gasteiger partial charge in [0.25, 0.3) is 0 Å². The van der Waals surface area contributed by atoms with E-state index in [1.165, 1.54) is 20.3 Å². The van der Waals surface area contributed by atoms with Gasteiger partial charge in [0.2, 0.25) is 0 Å². The molecule has 0 aliphatic carbocycles. The molecule has 9 heteroatoms. The quantitative estimate of drug-likeness (QED) is 0.404. The summed E-state index contributed by atoms with van der Waals surface area (Å²) in [7, 11) is -0.752. The van der Waals surface area contributed by atoms with Crippen molar-refractivity contribution in [1.29, 1.82) is 0 Å². The minimum atomic E-state index is -3.76. The maximum absolute atomic E-state index is 13.9. The van der Waals surface area contributed by atoms with E-state index in [1.807, 2.05) is 36.4 Å². The van der Waals surface area contributed by atoms with Crippen LogP contribution in [-0.2, 0) is 23.1 Å². The van der Waals surface area contributed by atoms with E-state index in [0.717, 1.165) is 24.8 Å². The van der Waals surface area contributed by atoms with Crippen molar-refractivity contribution in [3.63, 3.8) is 0 Å². The number of sulfone groups is 1. The molecule has 0 saturated heterocycles. The van der Waals surface area contributed by atoms with Gasteiger partial charge in [-0.2, -0.15) is 0 Å². The molecule has 1 heterocycles. The summed E-state index contributed by atoms with van der Waals surface area (Å²) < 4.78 is 41.4. The van der Waals surface area contributed by atoms with Gasteiger partial charge in [-0.1, -0.05) is 0 Å². The average molecular weight is 596 g/mol. The molecule has 0 spiro atoms. The van der Waals surface area contributed by atoms with Gasteiger partial charge < -0.3 is 0 Å². The van der Waals surface area contributed by atoms with Crippen LogP contribution in [0.1, 0.15) is 17.2 Å². The van der Waals surface area contributed by atoms with Crippen molar-refractivity contribution in [3.8, 4) is 11.5 Å². The molecule has 4 rings (SSSR count). The Morgan fingerprint density at radius 2 is 1.70 bits per heavy atom. The first-order chi connectivity index (χ1) is 15.7. The van der Waals surface area contributed by atoms with Crippen LogP contribution < -0.4 is 19.3 Å². The first-order valence-electron chi connectivity index (χ1n) is 9.89. The van der Waals surface area contributed by atoms with Gasteiger partial charge in [-0.15, -0.1) is 0 Å². The fraction of sp³-hybridized carbons (Fsp3) is 0.208. The van der Waals surface area contributed by atoms with E-state index in [2.05, 4.69) is 27.1 Å². The van der Waals surface area contributed by atoms with E-state index in [-0.39, 0.29) is 4.90 Å². The summed E-state index contributed by atoms with van der Waals surface area (Å²) in [5, 5.41) is 3.23. The Labute approximate surface area is 211 Å². The number of rotatable bonds is 6. The molecule has 1 aliphatic rings. The van der Waals surface area contributed by atoms with Gasteiger partial charge >= 0.3 is 212 Å². The van der Waals surface area contributed by atoms with Crippen molar-refractivity contribution in [3.05, 3.63) is 75.7 Å². The second-order valence-corrected chi connectivity index (χ2v) is 13.3. The van der Waals surface area contributed by atoms with Crippen LogP contribution in [0.2, 0.25) is 10.9 Å². The minimum absolute atomic E-state index is 0.182. The molecule has 5 nitrogen and oxygen atoms in total. The van der Waals surface area contributed by atoms with Crippen molar-refractivity contribution in [2.24, 2.45) is 0 Å². The second-order valence-electron chi connectivity index (χ2n) is 7.32. The summed E-state index contributed by atoms with van der Waals surface area (Å²) in [5.74, 6) is 2.99. The molecule has 0 saturated carbocycles. The topological polar surface area (TPSA) is 64.6 Å². The second kappa shape index (κ2) is 9.80. The van der Waals surface area contributed by atoms with E-state index in [9.17, 15) is 8.42 Å². The monoisotopic (exact) mass is 594 g/mol. The van der Waals surface area contributed by atoms with Crippen LogP contribution >= 0.6 is 27.5 Å². The van der Waals surface area contributed by atoms with Gasteiger partial charge in [0.15, 0.2) is 0 Å². The number of nitrogens with one attached hydrogen (secondary N) is 1. The van der Waals surface area contributed by atoms with Crippen LogP contribution in [0.25, 0.3) is 0 Å². The third-order valence-corrected chi connectivity index (χ3v) is 10.8. The zero-order chi connectivity index (χ0) is 23.8. The molecule has 1 aliphatic heterocycles. The third kappa shape index (κ3) is 4.86. The van der Waals surface area contributed by atoms with Gasteiger partial charge in [-0.05, 0) is 0 Å². The molecule has 1 atom stereocenters. The van der Waals surface area contributed by atoms with Crippen LogP contribution in [0.5, 0.6) is 11.5 Å². The molecule has 0 radical (unpaired) electrons. The van der Waals surface area contributed by atoms with Crippen LogP contribution in [-0.4, -0.2) is 27.2 Å². The molecule has 177 valence electrons. The number of methoxy groups -OCH3 is 2. The molecular formula is C24H23BrClCoNO4S. The van der Waals surface area contributed by atoms with Crippen LogP contribution in [0.4, 0.5) is 5.69 Å². The third-order valence-electron chi connectivity index (χ3n) is 5.39. The van der Waals surface area contributed by atoms with E-state index in [1.54, 1.807) is 18.2 Å². The summed E-state index contributed by atoms with van der Waals surface area (Å²) >= 11 is 9.03. The van der Waals surface area contributed by atoms with Crippen molar-refractivity contribution < 1.29 is 31.1 Å². The Bertz CT molecular complexity index is 1340. The van der Waals surface area contributed by atoms with Crippen molar-refractivity contribution in [2.75, 3.05) is 19.5 Å². The van der Waals surface area contributed by atoms with E-state index in [4.69, 9.17) is 21.1 Å². The molecule has 0 aromatic heterocycles. The predicted molar refractivity (Wildman–Crippen MR) is 134 cm³/mol. The zero-order valence-electron chi connectivity index (χ0n) is 18.2. The Hall–Kier alpha value is -1.84. The van der Waals surface area contributed by atoms with Crippen LogP contribution in [0, 0.1) is 0 Å². The molecule has 1 N–H and O–H groups in total. The SMILES string of the molecule is COc1ccc(S(=O)(=O)C2C[C](Nc3ccc(Br)cc3)=[Co]([CH3])[c]3ccc(Cl)cc32)cc1OC. The fourth-order valence-electron chi connectivity index (χ4n) is 3.68. The van der Waals surface area contributed by atoms with Crippen molar-refractivity contribution in [2.45, 2.75) is 22.4 Å². The Morgan fingerprint density at radius 3 is 2.36 bits per heavy atom. The van der Waals surface area contributed by atoms with Crippen LogP contribution in [0.15, 0.2) is 70.0 Å². The number of fused-ring (bicyclic) bond motifs is 1. The van der Waals surface area contributed by atoms with Crippen molar-refractivity contribution >= 4 is 52.1 Å². The van der Waals surface area contributed by atoms with Gasteiger partial charge in [-0.25, -0.2) is 0 Å². The standard InChI is InChI=1S/C23H20BrClNO4S.CH3.Co/c1-29-21-11-10-20(15-22(21)30-2)31(27,28)23(16-4-3-5-18(25)14-16)12-13-26-19-8-6-17(24)7-9-19;;/h3,5-11,14-15,23,26H,12H2,1-2H3;1H3;. The Morgan fingerprint density at radius 1 is 1.00 bits per heavy atom. The first-order valence-corrected chi connectivity index (χ1v) is 14.7. The molecule has 3 aromatic carbocycles. The van der Waals surface area contributed by atoms with E-state index in [0.29, 0.717) is 22.9 Å². The summed E-state index contributed by atoms with van der Waals surface area (Å²) in [5.41, 5.74) is 1.67. The Balaban J connectivity index is 1.81. The van der Waals surface area contributed by atoms with E-state index >= 15 is 0 Å². The summed E-state index contributed by atoms with van der Waals surface area (Å²) in [6, 6.07) is 18.1. The fourth-order valence-corrected chi connectivity index (χ4v) is 8.38. The zero-order valence-corrected chi connectivity index (χ0v) is 22.4. The maximum atomic E-state index is 13.9. The molecule has 1 unspecified atom stereocenters. The summed E-state index contributed by atoms with van der Waals surface area (Å²) in [4.78, 5) is 0.182. The van der Waals surface area contributed by atoms with Crippen LogP contribution in [0.3, 0.4) is 0 Å². The van der Waals surface area contributed by atoms with E-state index < -0.39 is 28.3 Å². The number of ether oxygens (including phenoxy) is 2. The predicted octanol–water partition coefficient (Wildman–Crippen LogP) is 5.57. The molecule has 0 fully saturated rings. The normalized spacial score (nSPS) is 16.8. The van der Waals surface area contributed by atoms with Crippen molar-refractivity contribution in [1.82, 2.24) is 0 Å². The number of hydrogen-bond donors (Lipinski definition) is 1. The number of hydrogen-bond acceptors (Lipinski definition) is 5. The van der Waals surface area contributed by atoms with Gasteiger partial charge in [0, 0.05) is 0 Å². The number of halogens is 2.